The van der Waals surface area contributed by atoms with Crippen LogP contribution in [0.1, 0.15) is 26.7 Å². The maximum Gasteiger partial charge on any atom is 0.223 e. The standard InChI is InChI=1S/C12H20N2O/c1-4-5-6-12(15)14-9-7-13(8-10-14)11(2)3/h1,11H,5-10H2,2-3H3. The summed E-state index contributed by atoms with van der Waals surface area (Å²) in [6, 6.07) is 0.577. The number of amides is 1. The van der Waals surface area contributed by atoms with Crippen LogP contribution in [0.3, 0.4) is 0 Å². The summed E-state index contributed by atoms with van der Waals surface area (Å²) < 4.78 is 0. The number of carbonyl (C=O) groups excluding carboxylic acids is 1. The van der Waals surface area contributed by atoms with E-state index >= 15 is 0 Å². The molecule has 0 aromatic carbocycles. The molecular weight excluding hydrogens is 188 g/mol. The van der Waals surface area contributed by atoms with Crippen LogP contribution in [0.2, 0.25) is 0 Å². The van der Waals surface area contributed by atoms with E-state index in [9.17, 15) is 4.79 Å². The van der Waals surface area contributed by atoms with E-state index < -0.39 is 0 Å². The zero-order valence-electron chi connectivity index (χ0n) is 9.70. The van der Waals surface area contributed by atoms with Gasteiger partial charge >= 0.3 is 0 Å². The fourth-order valence-corrected chi connectivity index (χ4v) is 1.82. The molecule has 15 heavy (non-hydrogen) atoms. The summed E-state index contributed by atoms with van der Waals surface area (Å²) in [6.45, 7) is 8.05. The minimum atomic E-state index is 0.205. The van der Waals surface area contributed by atoms with Gasteiger partial charge in [0.15, 0.2) is 0 Å². The molecule has 0 N–H and O–H groups in total. The first-order valence-electron chi connectivity index (χ1n) is 5.60. The number of carbonyl (C=O) groups is 1. The van der Waals surface area contributed by atoms with Gasteiger partial charge in [0.1, 0.15) is 0 Å². The average molecular weight is 208 g/mol. The maximum absolute atomic E-state index is 11.6. The van der Waals surface area contributed by atoms with Crippen molar-refractivity contribution in [2.45, 2.75) is 32.7 Å². The zero-order valence-corrected chi connectivity index (χ0v) is 9.70. The maximum atomic E-state index is 11.6. The third kappa shape index (κ3) is 3.56. The molecule has 0 atom stereocenters. The van der Waals surface area contributed by atoms with Gasteiger partial charge in [-0.2, -0.15) is 0 Å². The van der Waals surface area contributed by atoms with Gasteiger partial charge in [-0.05, 0) is 13.8 Å². The van der Waals surface area contributed by atoms with Gasteiger partial charge in [0.25, 0.3) is 0 Å². The Labute approximate surface area is 92.4 Å². The van der Waals surface area contributed by atoms with Gasteiger partial charge in [0, 0.05) is 45.1 Å². The number of hydrogen-bond donors (Lipinski definition) is 0. The van der Waals surface area contributed by atoms with Crippen molar-refractivity contribution in [3.63, 3.8) is 0 Å². The second kappa shape index (κ2) is 5.77. The Hall–Kier alpha value is -1.01. The summed E-state index contributed by atoms with van der Waals surface area (Å²) in [7, 11) is 0. The summed E-state index contributed by atoms with van der Waals surface area (Å²) in [5.41, 5.74) is 0. The van der Waals surface area contributed by atoms with E-state index in [-0.39, 0.29) is 5.91 Å². The molecule has 1 heterocycles. The molecule has 0 aromatic heterocycles. The van der Waals surface area contributed by atoms with E-state index in [0.29, 0.717) is 18.9 Å². The van der Waals surface area contributed by atoms with Crippen molar-refractivity contribution in [1.29, 1.82) is 0 Å². The predicted molar refractivity (Wildman–Crippen MR) is 61.4 cm³/mol. The van der Waals surface area contributed by atoms with E-state index in [0.717, 1.165) is 26.2 Å². The number of nitrogens with zero attached hydrogens (tertiary/aromatic N) is 2. The number of hydrogen-bond acceptors (Lipinski definition) is 2. The highest BCUT2D eigenvalue weighted by Crippen LogP contribution is 2.07. The van der Waals surface area contributed by atoms with Crippen LogP contribution in [0.4, 0.5) is 0 Å². The third-order valence-corrected chi connectivity index (χ3v) is 2.88. The highest BCUT2D eigenvalue weighted by atomic mass is 16.2. The van der Waals surface area contributed by atoms with Gasteiger partial charge in [-0.25, -0.2) is 0 Å². The molecule has 0 saturated carbocycles. The second-order valence-electron chi connectivity index (χ2n) is 4.21. The molecule has 0 unspecified atom stereocenters. The molecule has 0 radical (unpaired) electrons. The van der Waals surface area contributed by atoms with Crippen LogP contribution in [-0.4, -0.2) is 47.9 Å². The lowest BCUT2D eigenvalue weighted by molar-refractivity contribution is -0.133. The molecule has 0 spiro atoms. The van der Waals surface area contributed by atoms with Gasteiger partial charge in [0.2, 0.25) is 5.91 Å². The Kier molecular flexibility index (Phi) is 4.64. The van der Waals surface area contributed by atoms with Crippen LogP contribution in [0.5, 0.6) is 0 Å². The van der Waals surface area contributed by atoms with Crippen LogP contribution in [0.25, 0.3) is 0 Å². The lowest BCUT2D eigenvalue weighted by atomic mass is 10.2. The summed E-state index contributed by atoms with van der Waals surface area (Å²) in [5, 5.41) is 0. The van der Waals surface area contributed by atoms with Crippen LogP contribution in [0, 0.1) is 12.3 Å². The number of rotatable bonds is 3. The minimum absolute atomic E-state index is 0.205. The van der Waals surface area contributed by atoms with Crippen molar-refractivity contribution in [3.8, 4) is 12.3 Å². The summed E-state index contributed by atoms with van der Waals surface area (Å²) in [5.74, 6) is 2.71. The van der Waals surface area contributed by atoms with E-state index in [1.165, 1.54) is 0 Å². The molecule has 1 amide bonds. The van der Waals surface area contributed by atoms with Crippen LogP contribution in [-0.2, 0) is 4.79 Å². The van der Waals surface area contributed by atoms with Gasteiger partial charge in [-0.15, -0.1) is 12.3 Å². The van der Waals surface area contributed by atoms with Crippen molar-refractivity contribution < 1.29 is 4.79 Å². The average Bonchev–Trinajstić information content (AvgIpc) is 2.26. The number of terminal acetylenes is 1. The highest BCUT2D eigenvalue weighted by Gasteiger charge is 2.21. The van der Waals surface area contributed by atoms with Crippen LogP contribution < -0.4 is 0 Å². The van der Waals surface area contributed by atoms with E-state index in [4.69, 9.17) is 6.42 Å². The molecule has 1 saturated heterocycles. The molecule has 1 rings (SSSR count). The van der Waals surface area contributed by atoms with Gasteiger partial charge in [-0.3, -0.25) is 9.69 Å². The molecule has 1 aliphatic rings. The van der Waals surface area contributed by atoms with E-state index in [2.05, 4.69) is 24.7 Å². The van der Waals surface area contributed by atoms with Crippen LogP contribution >= 0.6 is 0 Å². The molecule has 0 aromatic rings. The van der Waals surface area contributed by atoms with Crippen molar-refractivity contribution in [3.05, 3.63) is 0 Å². The molecular formula is C12H20N2O. The van der Waals surface area contributed by atoms with Gasteiger partial charge < -0.3 is 4.90 Å². The predicted octanol–water partition coefficient (Wildman–Crippen LogP) is 0.952. The first-order valence-corrected chi connectivity index (χ1v) is 5.60. The largest absolute Gasteiger partial charge is 0.340 e. The molecule has 84 valence electrons. The smallest absolute Gasteiger partial charge is 0.223 e. The Bertz CT molecular complexity index is 247. The first kappa shape index (κ1) is 12.1. The molecule has 0 bridgehead atoms. The van der Waals surface area contributed by atoms with E-state index in [1.807, 2.05) is 4.90 Å². The molecule has 0 aliphatic carbocycles. The van der Waals surface area contributed by atoms with Crippen molar-refractivity contribution in [1.82, 2.24) is 9.80 Å². The first-order chi connectivity index (χ1) is 7.15. The second-order valence-corrected chi connectivity index (χ2v) is 4.21. The third-order valence-electron chi connectivity index (χ3n) is 2.88. The fraction of sp³-hybridized carbons (Fsp3) is 0.750. The Balaban J connectivity index is 2.31. The van der Waals surface area contributed by atoms with E-state index in [1.54, 1.807) is 0 Å². The van der Waals surface area contributed by atoms with Crippen molar-refractivity contribution in [2.75, 3.05) is 26.2 Å². The summed E-state index contributed by atoms with van der Waals surface area (Å²) in [6.07, 6.45) is 6.20. The molecule has 1 fully saturated rings. The summed E-state index contributed by atoms with van der Waals surface area (Å²) in [4.78, 5) is 16.0. The SMILES string of the molecule is C#CCCC(=O)N1CCN(C(C)C)CC1. The Morgan fingerprint density at radius 2 is 1.93 bits per heavy atom. The Morgan fingerprint density at radius 3 is 2.40 bits per heavy atom. The monoisotopic (exact) mass is 208 g/mol. The fourth-order valence-electron chi connectivity index (χ4n) is 1.82. The lowest BCUT2D eigenvalue weighted by Crippen LogP contribution is -2.50. The van der Waals surface area contributed by atoms with Gasteiger partial charge in [-0.1, -0.05) is 0 Å². The molecule has 1 aliphatic heterocycles. The molecule has 3 nitrogen and oxygen atoms in total. The van der Waals surface area contributed by atoms with Gasteiger partial charge in [0.05, 0.1) is 0 Å². The normalized spacial score (nSPS) is 17.9. The Morgan fingerprint density at radius 1 is 1.33 bits per heavy atom. The summed E-state index contributed by atoms with van der Waals surface area (Å²) >= 11 is 0. The topological polar surface area (TPSA) is 23.6 Å². The minimum Gasteiger partial charge on any atom is -0.340 e. The highest BCUT2D eigenvalue weighted by molar-refractivity contribution is 5.76. The lowest BCUT2D eigenvalue weighted by Gasteiger charge is -2.36. The van der Waals surface area contributed by atoms with Crippen molar-refractivity contribution >= 4 is 5.91 Å². The molecule has 3 heteroatoms. The number of piperazine rings is 1. The quantitative estimate of drug-likeness (QED) is 0.645. The zero-order chi connectivity index (χ0) is 11.3. The van der Waals surface area contributed by atoms with Crippen LogP contribution in [0.15, 0.2) is 0 Å². The van der Waals surface area contributed by atoms with Crippen molar-refractivity contribution in [2.24, 2.45) is 0 Å².